The highest BCUT2D eigenvalue weighted by molar-refractivity contribution is 6.34. The Bertz CT molecular complexity index is 472. The molecular weight excluding hydrogens is 249 g/mol. The first-order valence-corrected chi connectivity index (χ1v) is 5.44. The van der Waals surface area contributed by atoms with Crippen molar-refractivity contribution in [3.8, 4) is 11.6 Å². The van der Waals surface area contributed by atoms with Crippen LogP contribution in [0.3, 0.4) is 0 Å². The third-order valence-corrected chi connectivity index (χ3v) is 2.63. The molecule has 0 unspecified atom stereocenters. The quantitative estimate of drug-likeness (QED) is 0.841. The van der Waals surface area contributed by atoms with E-state index in [0.29, 0.717) is 22.0 Å². The summed E-state index contributed by atoms with van der Waals surface area (Å²) in [5.41, 5.74) is 0.742. The molecule has 0 saturated carbocycles. The van der Waals surface area contributed by atoms with Crippen molar-refractivity contribution in [2.45, 2.75) is 19.8 Å². The Labute approximate surface area is 102 Å². The van der Waals surface area contributed by atoms with Gasteiger partial charge in [-0.3, -0.25) is 5.10 Å². The van der Waals surface area contributed by atoms with Gasteiger partial charge in [-0.05, 0) is 5.92 Å². The summed E-state index contributed by atoms with van der Waals surface area (Å²) >= 11 is 12.1. The van der Waals surface area contributed by atoms with Crippen LogP contribution < -0.4 is 0 Å². The second-order valence-corrected chi connectivity index (χ2v) is 4.25. The second-order valence-electron chi connectivity index (χ2n) is 3.53. The minimum absolute atomic E-state index is 0.170. The summed E-state index contributed by atoms with van der Waals surface area (Å²) in [7, 11) is 0. The minimum Gasteiger partial charge on any atom is -0.257 e. The summed E-state index contributed by atoms with van der Waals surface area (Å²) in [6.45, 7) is 3.95. The third kappa shape index (κ3) is 2.01. The molecule has 0 amide bonds. The molecule has 0 aliphatic heterocycles. The highest BCUT2D eigenvalue weighted by atomic mass is 35.5. The molecule has 2 rings (SSSR count). The van der Waals surface area contributed by atoms with Gasteiger partial charge < -0.3 is 0 Å². The zero-order valence-electron chi connectivity index (χ0n) is 8.70. The van der Waals surface area contributed by atoms with E-state index in [9.17, 15) is 0 Å². The average Bonchev–Trinajstić information content (AvgIpc) is 2.67. The van der Waals surface area contributed by atoms with Crippen molar-refractivity contribution in [1.29, 1.82) is 0 Å². The number of nitrogens with zero attached hydrogens (tertiary/aromatic N) is 4. The molecule has 0 aliphatic rings. The van der Waals surface area contributed by atoms with Crippen molar-refractivity contribution >= 4 is 23.2 Å². The van der Waals surface area contributed by atoms with Crippen LogP contribution in [-0.4, -0.2) is 25.1 Å². The Morgan fingerprint density at radius 2 is 1.81 bits per heavy atom. The van der Waals surface area contributed by atoms with Gasteiger partial charge in [0.2, 0.25) is 0 Å². The van der Waals surface area contributed by atoms with Crippen molar-refractivity contribution in [1.82, 2.24) is 25.1 Å². The normalized spacial score (nSPS) is 11.1. The fourth-order valence-electron chi connectivity index (χ4n) is 1.31. The molecule has 1 N–H and O–H groups in total. The van der Waals surface area contributed by atoms with E-state index >= 15 is 0 Å². The first-order valence-electron chi connectivity index (χ1n) is 4.68. The van der Waals surface area contributed by atoms with E-state index in [2.05, 4.69) is 25.1 Å². The van der Waals surface area contributed by atoms with E-state index in [4.69, 9.17) is 23.2 Å². The summed E-state index contributed by atoms with van der Waals surface area (Å²) in [6.07, 6.45) is 1.37. The minimum atomic E-state index is 0.170. The summed E-state index contributed by atoms with van der Waals surface area (Å²) in [4.78, 5) is 12.2. The number of H-pyrrole nitrogens is 1. The van der Waals surface area contributed by atoms with Gasteiger partial charge in [0.25, 0.3) is 0 Å². The van der Waals surface area contributed by atoms with Crippen LogP contribution in [0, 0.1) is 0 Å². The second kappa shape index (κ2) is 4.35. The zero-order valence-corrected chi connectivity index (χ0v) is 10.2. The lowest BCUT2D eigenvalue weighted by Gasteiger charge is -2.09. The molecule has 2 aromatic heterocycles. The molecule has 0 bridgehead atoms. The number of aromatic nitrogens is 5. The Hall–Kier alpha value is -1.20. The molecular formula is C9H9Cl2N5. The molecule has 2 aromatic rings. The lowest BCUT2D eigenvalue weighted by molar-refractivity contribution is 0.846. The van der Waals surface area contributed by atoms with Crippen LogP contribution in [0.1, 0.15) is 25.3 Å². The third-order valence-electron chi connectivity index (χ3n) is 2.06. The topological polar surface area (TPSA) is 67.3 Å². The largest absolute Gasteiger partial charge is 0.257 e. The van der Waals surface area contributed by atoms with Crippen LogP contribution in [-0.2, 0) is 0 Å². The molecule has 0 aromatic carbocycles. The SMILES string of the molecule is CC(C)c1c(Cl)nc(-c2ncn[nH]2)nc1Cl. The summed E-state index contributed by atoms with van der Waals surface area (Å²) in [5, 5.41) is 7.06. The van der Waals surface area contributed by atoms with Gasteiger partial charge in [-0.2, -0.15) is 5.10 Å². The predicted octanol–water partition coefficient (Wildman–Crippen LogP) is 2.69. The van der Waals surface area contributed by atoms with E-state index in [-0.39, 0.29) is 5.92 Å². The van der Waals surface area contributed by atoms with Gasteiger partial charge in [-0.15, -0.1) is 0 Å². The average molecular weight is 258 g/mol. The van der Waals surface area contributed by atoms with Crippen molar-refractivity contribution < 1.29 is 0 Å². The van der Waals surface area contributed by atoms with E-state index in [1.54, 1.807) is 0 Å². The van der Waals surface area contributed by atoms with Gasteiger partial charge in [0, 0.05) is 5.56 Å². The molecule has 84 valence electrons. The van der Waals surface area contributed by atoms with Crippen LogP contribution in [0.5, 0.6) is 0 Å². The van der Waals surface area contributed by atoms with Gasteiger partial charge in [-0.25, -0.2) is 15.0 Å². The van der Waals surface area contributed by atoms with Gasteiger partial charge >= 0.3 is 0 Å². The molecule has 0 saturated heterocycles. The number of hydrogen-bond acceptors (Lipinski definition) is 4. The summed E-state index contributed by atoms with van der Waals surface area (Å²) in [5.74, 6) is 0.958. The Morgan fingerprint density at radius 1 is 1.19 bits per heavy atom. The van der Waals surface area contributed by atoms with Crippen LogP contribution >= 0.6 is 23.2 Å². The van der Waals surface area contributed by atoms with Gasteiger partial charge in [0.05, 0.1) is 0 Å². The monoisotopic (exact) mass is 257 g/mol. The summed E-state index contributed by atoms with van der Waals surface area (Å²) < 4.78 is 0. The lowest BCUT2D eigenvalue weighted by atomic mass is 10.1. The molecule has 0 spiro atoms. The zero-order chi connectivity index (χ0) is 11.7. The maximum atomic E-state index is 6.05. The van der Waals surface area contributed by atoms with Crippen LogP contribution in [0.4, 0.5) is 0 Å². The number of rotatable bonds is 2. The molecule has 0 atom stereocenters. The number of aromatic amines is 1. The van der Waals surface area contributed by atoms with Crippen molar-refractivity contribution in [3.63, 3.8) is 0 Å². The molecule has 7 heteroatoms. The van der Waals surface area contributed by atoms with Crippen LogP contribution in [0.15, 0.2) is 6.33 Å². The maximum absolute atomic E-state index is 6.05. The summed E-state index contributed by atoms with van der Waals surface area (Å²) in [6, 6.07) is 0. The van der Waals surface area contributed by atoms with E-state index in [1.807, 2.05) is 13.8 Å². The van der Waals surface area contributed by atoms with Crippen molar-refractivity contribution in [3.05, 3.63) is 22.2 Å². The smallest absolute Gasteiger partial charge is 0.200 e. The van der Waals surface area contributed by atoms with E-state index in [0.717, 1.165) is 5.56 Å². The standard InChI is InChI=1S/C9H9Cl2N5/c1-4(2)5-6(10)14-9(15-7(5)11)8-12-3-13-16-8/h3-4H,1-2H3,(H,12,13,16). The highest BCUT2D eigenvalue weighted by Gasteiger charge is 2.16. The highest BCUT2D eigenvalue weighted by Crippen LogP contribution is 2.30. The number of nitrogens with one attached hydrogen (secondary N) is 1. The number of halogens is 2. The molecule has 16 heavy (non-hydrogen) atoms. The van der Waals surface area contributed by atoms with Crippen molar-refractivity contribution in [2.24, 2.45) is 0 Å². The fourth-order valence-corrected chi connectivity index (χ4v) is 2.14. The maximum Gasteiger partial charge on any atom is 0.200 e. The Balaban J connectivity index is 2.53. The van der Waals surface area contributed by atoms with E-state index < -0.39 is 0 Å². The van der Waals surface area contributed by atoms with E-state index in [1.165, 1.54) is 6.33 Å². The van der Waals surface area contributed by atoms with Gasteiger partial charge in [0.15, 0.2) is 11.6 Å². The molecule has 0 aliphatic carbocycles. The first kappa shape index (κ1) is 11.3. The Morgan fingerprint density at radius 3 is 2.25 bits per heavy atom. The van der Waals surface area contributed by atoms with Crippen LogP contribution in [0.25, 0.3) is 11.6 Å². The Kier molecular flexibility index (Phi) is 3.07. The number of hydrogen-bond donors (Lipinski definition) is 1. The first-order chi connectivity index (χ1) is 7.59. The fraction of sp³-hybridized carbons (Fsp3) is 0.333. The molecule has 0 fully saturated rings. The van der Waals surface area contributed by atoms with Crippen molar-refractivity contribution in [2.75, 3.05) is 0 Å². The molecule has 0 radical (unpaired) electrons. The van der Waals surface area contributed by atoms with Gasteiger partial charge in [-0.1, -0.05) is 37.0 Å². The van der Waals surface area contributed by atoms with Gasteiger partial charge in [0.1, 0.15) is 16.6 Å². The molecule has 2 heterocycles. The predicted molar refractivity (Wildman–Crippen MR) is 61.5 cm³/mol. The lowest BCUT2D eigenvalue weighted by Crippen LogP contribution is -2.00. The molecule has 5 nitrogen and oxygen atoms in total. The van der Waals surface area contributed by atoms with Crippen LogP contribution in [0.2, 0.25) is 10.3 Å².